The SMILES string of the molecule is O=C(c1ccon1)N1CCOc2ccccc2C1CO. The number of nitrogens with zero attached hydrogens (tertiary/aromatic N) is 2. The van der Waals surface area contributed by atoms with Crippen molar-refractivity contribution in [3.8, 4) is 5.75 Å². The van der Waals surface area contributed by atoms with Crippen LogP contribution in [0.1, 0.15) is 22.1 Å². The molecule has 0 saturated heterocycles. The number of aliphatic hydroxyl groups is 1. The van der Waals surface area contributed by atoms with Crippen LogP contribution < -0.4 is 4.74 Å². The van der Waals surface area contributed by atoms with Gasteiger partial charge in [0.15, 0.2) is 5.69 Å². The van der Waals surface area contributed by atoms with E-state index < -0.39 is 6.04 Å². The van der Waals surface area contributed by atoms with E-state index in [4.69, 9.17) is 9.26 Å². The van der Waals surface area contributed by atoms with Crippen LogP contribution in [0.15, 0.2) is 41.1 Å². The van der Waals surface area contributed by atoms with Gasteiger partial charge in [-0.05, 0) is 6.07 Å². The van der Waals surface area contributed by atoms with Gasteiger partial charge in [-0.2, -0.15) is 0 Å². The highest BCUT2D eigenvalue weighted by Gasteiger charge is 2.31. The first kappa shape index (κ1) is 12.7. The first-order chi connectivity index (χ1) is 9.81. The van der Waals surface area contributed by atoms with E-state index in [-0.39, 0.29) is 18.2 Å². The lowest BCUT2D eigenvalue weighted by molar-refractivity contribution is 0.0575. The zero-order chi connectivity index (χ0) is 13.9. The Bertz CT molecular complexity index is 597. The third-order valence-corrected chi connectivity index (χ3v) is 3.33. The Kier molecular flexibility index (Phi) is 3.39. The van der Waals surface area contributed by atoms with E-state index in [9.17, 15) is 9.90 Å². The van der Waals surface area contributed by atoms with Crippen molar-refractivity contribution < 1.29 is 19.2 Å². The predicted molar refractivity (Wildman–Crippen MR) is 69.3 cm³/mol. The summed E-state index contributed by atoms with van der Waals surface area (Å²) >= 11 is 0. The van der Waals surface area contributed by atoms with Crippen LogP contribution >= 0.6 is 0 Å². The van der Waals surface area contributed by atoms with Crippen LogP contribution in [0.5, 0.6) is 5.75 Å². The van der Waals surface area contributed by atoms with Gasteiger partial charge >= 0.3 is 0 Å². The number of carbonyl (C=O) groups is 1. The summed E-state index contributed by atoms with van der Waals surface area (Å²) in [5, 5.41) is 13.3. The normalized spacial score (nSPS) is 18.1. The summed E-state index contributed by atoms with van der Waals surface area (Å²) in [6, 6.07) is 8.47. The minimum Gasteiger partial charge on any atom is -0.491 e. The molecule has 1 amide bonds. The van der Waals surface area contributed by atoms with Crippen LogP contribution in [-0.4, -0.2) is 40.8 Å². The number of hydrogen-bond acceptors (Lipinski definition) is 5. The highest BCUT2D eigenvalue weighted by molar-refractivity contribution is 5.92. The Morgan fingerprint density at radius 3 is 3.00 bits per heavy atom. The van der Waals surface area contributed by atoms with Gasteiger partial charge in [0, 0.05) is 11.6 Å². The number of aliphatic hydroxyl groups excluding tert-OH is 1. The number of ether oxygens (including phenoxy) is 1. The second kappa shape index (κ2) is 5.34. The Labute approximate surface area is 115 Å². The van der Waals surface area contributed by atoms with Crippen LogP contribution in [-0.2, 0) is 0 Å². The molecule has 6 nitrogen and oxygen atoms in total. The maximum absolute atomic E-state index is 12.4. The number of fused-ring (bicyclic) bond motifs is 1. The van der Waals surface area contributed by atoms with Crippen molar-refractivity contribution in [3.63, 3.8) is 0 Å². The number of hydrogen-bond donors (Lipinski definition) is 1. The molecule has 0 spiro atoms. The Hall–Kier alpha value is -2.34. The zero-order valence-electron chi connectivity index (χ0n) is 10.7. The van der Waals surface area contributed by atoms with Crippen molar-refractivity contribution in [2.45, 2.75) is 6.04 Å². The molecule has 2 aromatic rings. The molecule has 1 aromatic heterocycles. The highest BCUT2D eigenvalue weighted by atomic mass is 16.5. The monoisotopic (exact) mass is 274 g/mol. The average Bonchev–Trinajstić information content (AvgIpc) is 2.94. The van der Waals surface area contributed by atoms with Gasteiger partial charge in [0.1, 0.15) is 18.6 Å². The Morgan fingerprint density at radius 1 is 1.40 bits per heavy atom. The smallest absolute Gasteiger partial charge is 0.276 e. The van der Waals surface area contributed by atoms with E-state index in [0.717, 1.165) is 5.56 Å². The van der Waals surface area contributed by atoms with Gasteiger partial charge in [0.05, 0.1) is 19.2 Å². The van der Waals surface area contributed by atoms with Crippen molar-refractivity contribution in [2.24, 2.45) is 0 Å². The number of benzene rings is 1. The van der Waals surface area contributed by atoms with Gasteiger partial charge < -0.3 is 19.3 Å². The van der Waals surface area contributed by atoms with Gasteiger partial charge in [-0.15, -0.1) is 0 Å². The molecule has 0 radical (unpaired) electrons. The minimum atomic E-state index is -0.446. The lowest BCUT2D eigenvalue weighted by Crippen LogP contribution is -2.38. The molecule has 0 fully saturated rings. The molecule has 1 N–H and O–H groups in total. The molecule has 20 heavy (non-hydrogen) atoms. The van der Waals surface area contributed by atoms with Gasteiger partial charge in [-0.3, -0.25) is 4.79 Å². The molecule has 6 heteroatoms. The van der Waals surface area contributed by atoms with E-state index in [1.54, 1.807) is 4.90 Å². The molecular formula is C14H14N2O4. The topological polar surface area (TPSA) is 75.8 Å². The molecule has 3 rings (SSSR count). The fraction of sp³-hybridized carbons (Fsp3) is 0.286. The Morgan fingerprint density at radius 2 is 2.25 bits per heavy atom. The largest absolute Gasteiger partial charge is 0.491 e. The fourth-order valence-electron chi connectivity index (χ4n) is 2.37. The number of rotatable bonds is 2. The van der Waals surface area contributed by atoms with E-state index in [0.29, 0.717) is 18.9 Å². The van der Waals surface area contributed by atoms with Crippen LogP contribution in [0, 0.1) is 0 Å². The molecule has 1 aliphatic rings. The van der Waals surface area contributed by atoms with Crippen molar-refractivity contribution in [3.05, 3.63) is 47.9 Å². The molecular weight excluding hydrogens is 260 g/mol. The lowest BCUT2D eigenvalue weighted by Gasteiger charge is -2.27. The van der Waals surface area contributed by atoms with Crippen LogP contribution in [0.4, 0.5) is 0 Å². The molecule has 1 atom stereocenters. The van der Waals surface area contributed by atoms with Crippen LogP contribution in [0.3, 0.4) is 0 Å². The number of para-hydroxylation sites is 1. The zero-order valence-corrected chi connectivity index (χ0v) is 10.7. The molecule has 0 saturated carbocycles. The average molecular weight is 274 g/mol. The first-order valence-corrected chi connectivity index (χ1v) is 6.35. The summed E-state index contributed by atoms with van der Waals surface area (Å²) in [6.45, 7) is 0.576. The summed E-state index contributed by atoms with van der Waals surface area (Å²) in [4.78, 5) is 14.0. The van der Waals surface area contributed by atoms with Crippen molar-refractivity contribution >= 4 is 5.91 Å². The molecule has 104 valence electrons. The highest BCUT2D eigenvalue weighted by Crippen LogP contribution is 2.32. The Balaban J connectivity index is 1.97. The maximum atomic E-state index is 12.4. The van der Waals surface area contributed by atoms with Crippen LogP contribution in [0.25, 0.3) is 0 Å². The van der Waals surface area contributed by atoms with E-state index >= 15 is 0 Å². The molecule has 0 bridgehead atoms. The fourth-order valence-corrected chi connectivity index (χ4v) is 2.37. The van der Waals surface area contributed by atoms with Gasteiger partial charge in [-0.25, -0.2) is 0 Å². The summed E-state index contributed by atoms with van der Waals surface area (Å²) in [5.41, 5.74) is 1.02. The molecule has 1 aromatic carbocycles. The van der Waals surface area contributed by atoms with Crippen molar-refractivity contribution in [1.82, 2.24) is 10.1 Å². The second-order valence-electron chi connectivity index (χ2n) is 4.47. The quantitative estimate of drug-likeness (QED) is 0.891. The van der Waals surface area contributed by atoms with Crippen molar-refractivity contribution in [1.29, 1.82) is 0 Å². The lowest BCUT2D eigenvalue weighted by atomic mass is 10.0. The number of aromatic nitrogens is 1. The second-order valence-corrected chi connectivity index (χ2v) is 4.47. The van der Waals surface area contributed by atoms with Crippen LogP contribution in [0.2, 0.25) is 0 Å². The summed E-state index contributed by atoms with van der Waals surface area (Å²) < 4.78 is 10.3. The van der Waals surface area contributed by atoms with Crippen molar-refractivity contribution in [2.75, 3.05) is 19.8 Å². The minimum absolute atomic E-state index is 0.177. The molecule has 1 aliphatic heterocycles. The third-order valence-electron chi connectivity index (χ3n) is 3.33. The van der Waals surface area contributed by atoms with Gasteiger partial charge in [0.2, 0.25) is 0 Å². The first-order valence-electron chi connectivity index (χ1n) is 6.35. The summed E-state index contributed by atoms with van der Waals surface area (Å²) in [7, 11) is 0. The van der Waals surface area contributed by atoms with Gasteiger partial charge in [-0.1, -0.05) is 23.4 Å². The predicted octanol–water partition coefficient (Wildman–Crippen LogP) is 1.24. The maximum Gasteiger partial charge on any atom is 0.276 e. The third kappa shape index (κ3) is 2.14. The standard InChI is InChI=1S/C14H14N2O4/c17-9-12-10-3-1-2-4-13(10)19-8-6-16(12)14(18)11-5-7-20-15-11/h1-5,7,12,17H,6,8-9H2. The molecule has 1 unspecified atom stereocenters. The molecule has 0 aliphatic carbocycles. The number of carbonyl (C=O) groups excluding carboxylic acids is 1. The van der Waals surface area contributed by atoms with E-state index in [2.05, 4.69) is 5.16 Å². The number of amides is 1. The summed E-state index contributed by atoms with van der Waals surface area (Å²) in [6.07, 6.45) is 1.35. The molecule has 2 heterocycles. The summed E-state index contributed by atoms with van der Waals surface area (Å²) in [5.74, 6) is 0.417. The van der Waals surface area contributed by atoms with Gasteiger partial charge in [0.25, 0.3) is 5.91 Å². The van der Waals surface area contributed by atoms with E-state index in [1.807, 2.05) is 24.3 Å². The van der Waals surface area contributed by atoms with E-state index in [1.165, 1.54) is 12.3 Å².